The summed E-state index contributed by atoms with van der Waals surface area (Å²) in [4.78, 5) is 28.8. The first-order valence-electron chi connectivity index (χ1n) is 9.26. The maximum absolute atomic E-state index is 13.8. The molecule has 3 aromatic heterocycles. The summed E-state index contributed by atoms with van der Waals surface area (Å²) >= 11 is 0. The van der Waals surface area contributed by atoms with Crippen LogP contribution in [-0.2, 0) is 18.0 Å². The Morgan fingerprint density at radius 2 is 1.83 bits per heavy atom. The minimum Gasteiger partial charge on any atom is -0.372 e. The number of amides is 1. The predicted octanol–water partition coefficient (Wildman–Crippen LogP) is 3.48. The van der Waals surface area contributed by atoms with E-state index in [0.29, 0.717) is 42.6 Å². The molecule has 7 nitrogen and oxygen atoms in total. The van der Waals surface area contributed by atoms with Gasteiger partial charge in [-0.25, -0.2) is 4.98 Å². The summed E-state index contributed by atoms with van der Waals surface area (Å²) in [6.45, 7) is 3.14. The first kappa shape index (κ1) is 18.9. The second-order valence-electron chi connectivity index (χ2n) is 6.65. The van der Waals surface area contributed by atoms with Crippen molar-refractivity contribution in [2.75, 3.05) is 23.4 Å². The van der Waals surface area contributed by atoms with Gasteiger partial charge in [0.2, 0.25) is 5.95 Å². The normalized spacial score (nSPS) is 13.1. The summed E-state index contributed by atoms with van der Waals surface area (Å²) < 4.78 is 19.6. The van der Waals surface area contributed by atoms with Crippen molar-refractivity contribution >= 4 is 23.2 Å². The van der Waals surface area contributed by atoms with Crippen molar-refractivity contribution in [3.63, 3.8) is 0 Å². The van der Waals surface area contributed by atoms with Crippen LogP contribution < -0.4 is 9.80 Å². The van der Waals surface area contributed by atoms with Crippen LogP contribution in [0.3, 0.4) is 0 Å². The second-order valence-corrected chi connectivity index (χ2v) is 6.65. The summed E-state index contributed by atoms with van der Waals surface area (Å²) in [5.41, 5.74) is 2.75. The zero-order valence-corrected chi connectivity index (χ0v) is 16.2. The van der Waals surface area contributed by atoms with E-state index in [1.807, 2.05) is 19.1 Å². The van der Waals surface area contributed by atoms with E-state index in [1.54, 1.807) is 42.7 Å². The van der Waals surface area contributed by atoms with Crippen LogP contribution in [0.1, 0.15) is 28.4 Å². The van der Waals surface area contributed by atoms with Crippen molar-refractivity contribution < 1.29 is 13.9 Å². The van der Waals surface area contributed by atoms with Gasteiger partial charge >= 0.3 is 0 Å². The lowest BCUT2D eigenvalue weighted by atomic mass is 10.1. The Balaban J connectivity index is 1.64. The van der Waals surface area contributed by atoms with Crippen LogP contribution in [0, 0.1) is 5.95 Å². The number of pyridine rings is 3. The Kier molecular flexibility index (Phi) is 5.18. The van der Waals surface area contributed by atoms with E-state index in [1.165, 1.54) is 11.0 Å². The van der Waals surface area contributed by atoms with Crippen molar-refractivity contribution in [1.82, 2.24) is 15.0 Å². The van der Waals surface area contributed by atoms with Crippen LogP contribution in [0.15, 0.2) is 48.9 Å². The van der Waals surface area contributed by atoms with Gasteiger partial charge in [0.15, 0.2) is 5.82 Å². The maximum atomic E-state index is 13.8. The van der Waals surface area contributed by atoms with E-state index in [4.69, 9.17) is 4.74 Å². The van der Waals surface area contributed by atoms with E-state index in [2.05, 4.69) is 15.0 Å². The number of nitrogens with zero attached hydrogens (tertiary/aromatic N) is 5. The number of carbonyl (C=O) groups is 1. The molecule has 8 heteroatoms. The molecule has 0 radical (unpaired) electrons. The predicted molar refractivity (Wildman–Crippen MR) is 107 cm³/mol. The number of anilines is 3. The molecule has 0 bridgehead atoms. The van der Waals surface area contributed by atoms with Gasteiger partial charge in [-0.15, -0.1) is 0 Å². The molecular weight excluding hydrogens is 373 g/mol. The SMILES string of the molecule is CCN1c2ncc(COCc3ccncc3)cc2C(=O)N(C)c2ccc(F)nc21. The fraction of sp³-hybridized carbons (Fsp3) is 0.238. The van der Waals surface area contributed by atoms with E-state index < -0.39 is 5.95 Å². The monoisotopic (exact) mass is 393 g/mol. The van der Waals surface area contributed by atoms with Crippen molar-refractivity contribution in [2.24, 2.45) is 0 Å². The summed E-state index contributed by atoms with van der Waals surface area (Å²) in [6, 6.07) is 8.35. The molecule has 0 N–H and O–H groups in total. The van der Waals surface area contributed by atoms with E-state index in [0.717, 1.165) is 11.1 Å². The fourth-order valence-corrected chi connectivity index (χ4v) is 3.29. The Morgan fingerprint density at radius 3 is 2.59 bits per heavy atom. The number of halogens is 1. The Morgan fingerprint density at radius 1 is 1.07 bits per heavy atom. The van der Waals surface area contributed by atoms with E-state index in [9.17, 15) is 9.18 Å². The van der Waals surface area contributed by atoms with Crippen LogP contribution in [0.25, 0.3) is 0 Å². The molecule has 29 heavy (non-hydrogen) atoms. The van der Waals surface area contributed by atoms with Gasteiger partial charge in [0, 0.05) is 32.2 Å². The van der Waals surface area contributed by atoms with Crippen LogP contribution in [0.2, 0.25) is 0 Å². The second kappa shape index (κ2) is 7.92. The third kappa shape index (κ3) is 3.66. The van der Waals surface area contributed by atoms with Gasteiger partial charge < -0.3 is 14.5 Å². The third-order valence-corrected chi connectivity index (χ3v) is 4.75. The summed E-state index contributed by atoms with van der Waals surface area (Å²) in [7, 11) is 1.65. The van der Waals surface area contributed by atoms with Gasteiger partial charge in [-0.1, -0.05) is 0 Å². The smallest absolute Gasteiger partial charge is 0.261 e. The van der Waals surface area contributed by atoms with Crippen molar-refractivity contribution in [2.45, 2.75) is 20.1 Å². The first-order chi connectivity index (χ1) is 14.1. The largest absolute Gasteiger partial charge is 0.372 e. The lowest BCUT2D eigenvalue weighted by Gasteiger charge is -2.22. The van der Waals surface area contributed by atoms with Crippen molar-refractivity contribution in [1.29, 1.82) is 0 Å². The zero-order chi connectivity index (χ0) is 20.4. The maximum Gasteiger partial charge on any atom is 0.261 e. The highest BCUT2D eigenvalue weighted by molar-refractivity contribution is 6.12. The molecule has 4 rings (SSSR count). The standard InChI is InChI=1S/C21H20FN5O2/c1-3-27-19-16(21(28)26(2)17-4-5-18(22)25-20(17)27)10-15(11-24-19)13-29-12-14-6-8-23-9-7-14/h4-11H,3,12-13H2,1-2H3. The zero-order valence-electron chi connectivity index (χ0n) is 16.2. The minimum atomic E-state index is -0.604. The molecule has 0 aromatic carbocycles. The molecule has 148 valence electrons. The number of aromatic nitrogens is 3. The van der Waals surface area contributed by atoms with Crippen LogP contribution >= 0.6 is 0 Å². The highest BCUT2D eigenvalue weighted by Crippen LogP contribution is 2.37. The van der Waals surface area contributed by atoms with Gasteiger partial charge in [-0.3, -0.25) is 9.78 Å². The molecule has 0 unspecified atom stereocenters. The first-order valence-corrected chi connectivity index (χ1v) is 9.26. The summed E-state index contributed by atoms with van der Waals surface area (Å²) in [6.07, 6.45) is 5.10. The van der Waals surface area contributed by atoms with Crippen LogP contribution in [-0.4, -0.2) is 34.5 Å². The van der Waals surface area contributed by atoms with Crippen LogP contribution in [0.5, 0.6) is 0 Å². The van der Waals surface area contributed by atoms with E-state index >= 15 is 0 Å². The Hall–Kier alpha value is -3.39. The number of fused-ring (bicyclic) bond motifs is 2. The molecule has 3 aromatic rings. The molecule has 4 heterocycles. The molecule has 0 spiro atoms. The topological polar surface area (TPSA) is 71.5 Å². The van der Waals surface area contributed by atoms with E-state index in [-0.39, 0.29) is 5.91 Å². The highest BCUT2D eigenvalue weighted by atomic mass is 19.1. The van der Waals surface area contributed by atoms with Crippen LogP contribution in [0.4, 0.5) is 21.7 Å². The molecule has 0 saturated carbocycles. The lowest BCUT2D eigenvalue weighted by molar-refractivity contribution is 0.0991. The molecule has 1 aliphatic rings. The van der Waals surface area contributed by atoms with Crippen molar-refractivity contribution in [3.05, 3.63) is 71.6 Å². The quantitative estimate of drug-likeness (QED) is 0.618. The number of carbonyl (C=O) groups excluding carboxylic acids is 1. The lowest BCUT2D eigenvalue weighted by Crippen LogP contribution is -2.25. The van der Waals surface area contributed by atoms with Crippen molar-refractivity contribution in [3.8, 4) is 0 Å². The molecular formula is C21H20FN5O2. The molecule has 0 atom stereocenters. The summed E-state index contributed by atoms with van der Waals surface area (Å²) in [5.74, 6) is -0.00269. The van der Waals surface area contributed by atoms with Gasteiger partial charge in [0.05, 0.1) is 24.5 Å². The fourth-order valence-electron chi connectivity index (χ4n) is 3.29. The number of hydrogen-bond acceptors (Lipinski definition) is 6. The van der Waals surface area contributed by atoms with Gasteiger partial charge in [0.25, 0.3) is 5.91 Å². The molecule has 1 amide bonds. The van der Waals surface area contributed by atoms with Gasteiger partial charge in [0.1, 0.15) is 5.82 Å². The molecule has 0 fully saturated rings. The third-order valence-electron chi connectivity index (χ3n) is 4.75. The average Bonchev–Trinajstić information content (AvgIpc) is 2.82. The molecule has 0 saturated heterocycles. The van der Waals surface area contributed by atoms with Gasteiger partial charge in [-0.05, 0) is 48.4 Å². The number of rotatable bonds is 5. The minimum absolute atomic E-state index is 0.228. The molecule has 0 aliphatic carbocycles. The summed E-state index contributed by atoms with van der Waals surface area (Å²) in [5, 5.41) is 0. The average molecular weight is 393 g/mol. The molecule has 1 aliphatic heterocycles. The van der Waals surface area contributed by atoms with Gasteiger partial charge in [-0.2, -0.15) is 9.37 Å². The Labute approximate surface area is 167 Å². The Bertz CT molecular complexity index is 1040. The highest BCUT2D eigenvalue weighted by Gasteiger charge is 2.31. The number of hydrogen-bond donors (Lipinski definition) is 0. The number of ether oxygens (including phenoxy) is 1.